The Kier molecular flexibility index (Phi) is 7.09. The lowest BCUT2D eigenvalue weighted by Crippen LogP contribution is -2.54. The molecule has 2 N–H and O–H groups in total. The number of nitrogens with one attached hydrogen (secondary N) is 1. The number of rotatable bonds is 4. The van der Waals surface area contributed by atoms with E-state index < -0.39 is 29.6 Å². The average Bonchev–Trinajstić information content (AvgIpc) is 3.42. The number of methoxy groups -OCH3 is 1. The van der Waals surface area contributed by atoms with Gasteiger partial charge in [-0.3, -0.25) is 4.79 Å². The number of allylic oxidation sites excluding steroid dienone is 1. The van der Waals surface area contributed by atoms with Crippen molar-refractivity contribution in [3.05, 3.63) is 41.6 Å². The van der Waals surface area contributed by atoms with E-state index in [0.29, 0.717) is 30.0 Å². The van der Waals surface area contributed by atoms with E-state index in [1.54, 1.807) is 31.2 Å². The Balaban J connectivity index is 1.43. The van der Waals surface area contributed by atoms with E-state index in [1.165, 1.54) is 4.90 Å². The van der Waals surface area contributed by atoms with Gasteiger partial charge in [-0.05, 0) is 55.3 Å². The number of carboxylic acid groups (broad SMARTS) is 1. The van der Waals surface area contributed by atoms with Gasteiger partial charge < -0.3 is 29.7 Å². The fraction of sp³-hybridized carbons (Fsp3) is 0.481. The lowest BCUT2D eigenvalue weighted by molar-refractivity contribution is -0.144. The number of aromatic nitrogens is 1. The van der Waals surface area contributed by atoms with Gasteiger partial charge in [0.2, 0.25) is 11.8 Å². The number of pyridine rings is 1. The van der Waals surface area contributed by atoms with Gasteiger partial charge in [-0.25, -0.2) is 14.6 Å². The average molecular weight is 543 g/mol. The molecule has 3 amide bonds. The van der Waals surface area contributed by atoms with Gasteiger partial charge in [0.15, 0.2) is 0 Å². The first-order valence-corrected chi connectivity index (χ1v) is 13.1. The van der Waals surface area contributed by atoms with Gasteiger partial charge in [0.05, 0.1) is 13.7 Å². The molecule has 0 radical (unpaired) electrons. The predicted octanol–water partition coefficient (Wildman–Crippen LogP) is 3.47. The number of benzene rings is 1. The molecule has 0 unspecified atom stereocenters. The second-order valence-electron chi connectivity index (χ2n) is 10.2. The van der Waals surface area contributed by atoms with E-state index >= 15 is 0 Å². The van der Waals surface area contributed by atoms with Crippen LogP contribution in [0.1, 0.15) is 32.1 Å². The predicted molar refractivity (Wildman–Crippen MR) is 140 cm³/mol. The van der Waals surface area contributed by atoms with Crippen molar-refractivity contribution in [1.29, 1.82) is 0 Å². The number of carbonyl (C=O) groups excluding carboxylic acids is 2. The third kappa shape index (κ3) is 4.97. The van der Waals surface area contributed by atoms with Crippen LogP contribution in [0.25, 0.3) is 10.8 Å². The summed E-state index contributed by atoms with van der Waals surface area (Å²) in [6, 6.07) is 5.96. The summed E-state index contributed by atoms with van der Waals surface area (Å²) >= 11 is 6.27. The minimum absolute atomic E-state index is 0.149. The lowest BCUT2D eigenvalue weighted by atomic mass is 10.1. The smallest absolute Gasteiger partial charge is 0.330 e. The molecule has 1 saturated carbocycles. The standard InChI is InChI=1S/C27H31ClN4O6/c1-31-10-6-4-3-5-7-17-14-27(17,25(34)35)30-23(33)21-13-19(15-32(21)26(31)36)38-24-20-9-8-18(37-2)11-16(20)12-22(28)29-24/h5,7-9,11-12,17,19,21H,3-4,6,10,13-15H2,1-2H3,(H,30,33)(H,34,35)/b7-5-/t17-,19+,21-,27+/m0/s1. The molecule has 4 atom stereocenters. The number of ether oxygens (including phenoxy) is 2. The molecule has 3 heterocycles. The Morgan fingerprint density at radius 2 is 2.08 bits per heavy atom. The van der Waals surface area contributed by atoms with Crippen LogP contribution in [0.3, 0.4) is 0 Å². The highest BCUT2D eigenvalue weighted by Crippen LogP contribution is 2.45. The topological polar surface area (TPSA) is 121 Å². The van der Waals surface area contributed by atoms with E-state index in [1.807, 2.05) is 24.3 Å². The summed E-state index contributed by atoms with van der Waals surface area (Å²) in [5.41, 5.74) is -1.35. The fourth-order valence-corrected chi connectivity index (χ4v) is 5.54. The van der Waals surface area contributed by atoms with E-state index in [-0.39, 0.29) is 30.1 Å². The van der Waals surface area contributed by atoms with Gasteiger partial charge in [0, 0.05) is 31.3 Å². The molecule has 1 aromatic heterocycles. The van der Waals surface area contributed by atoms with Crippen LogP contribution < -0.4 is 14.8 Å². The monoisotopic (exact) mass is 542 g/mol. The highest BCUT2D eigenvalue weighted by atomic mass is 35.5. The normalized spacial score (nSPS) is 28.7. The molecule has 202 valence electrons. The Bertz CT molecular complexity index is 1300. The number of carbonyl (C=O) groups is 3. The number of fused-ring (bicyclic) bond motifs is 3. The van der Waals surface area contributed by atoms with Crippen LogP contribution in [0, 0.1) is 5.92 Å². The maximum atomic E-state index is 13.5. The minimum Gasteiger partial charge on any atom is -0.497 e. The van der Waals surface area contributed by atoms with Gasteiger partial charge in [-0.15, -0.1) is 0 Å². The highest BCUT2D eigenvalue weighted by molar-refractivity contribution is 6.30. The molecule has 2 fully saturated rings. The quantitative estimate of drug-likeness (QED) is 0.448. The third-order valence-corrected chi connectivity index (χ3v) is 7.81. The van der Waals surface area contributed by atoms with Crippen molar-refractivity contribution in [2.24, 2.45) is 5.92 Å². The number of hydrogen-bond acceptors (Lipinski definition) is 6. The maximum Gasteiger partial charge on any atom is 0.330 e. The van der Waals surface area contributed by atoms with Crippen LogP contribution in [0.15, 0.2) is 36.4 Å². The molecule has 2 aliphatic heterocycles. The number of urea groups is 1. The maximum absolute atomic E-state index is 13.5. The van der Waals surface area contributed by atoms with Crippen LogP contribution in [-0.4, -0.2) is 82.7 Å². The molecule has 0 spiro atoms. The summed E-state index contributed by atoms with van der Waals surface area (Å²) in [4.78, 5) is 46.5. The molecule has 1 aliphatic carbocycles. The second kappa shape index (κ2) is 10.3. The van der Waals surface area contributed by atoms with Crippen LogP contribution in [0.4, 0.5) is 4.79 Å². The molecule has 10 nitrogen and oxygen atoms in total. The van der Waals surface area contributed by atoms with Crippen LogP contribution in [0.5, 0.6) is 11.6 Å². The molecule has 38 heavy (non-hydrogen) atoms. The van der Waals surface area contributed by atoms with Gasteiger partial charge in [0.25, 0.3) is 0 Å². The largest absolute Gasteiger partial charge is 0.497 e. The molecule has 5 rings (SSSR count). The zero-order valence-corrected chi connectivity index (χ0v) is 22.1. The van der Waals surface area contributed by atoms with Crippen molar-refractivity contribution < 1.29 is 29.0 Å². The Hall–Kier alpha value is -3.53. The number of aliphatic carboxylic acids is 1. The summed E-state index contributed by atoms with van der Waals surface area (Å²) < 4.78 is 11.6. The zero-order valence-electron chi connectivity index (χ0n) is 21.4. The summed E-state index contributed by atoms with van der Waals surface area (Å²) in [5.74, 6) is -0.888. The Labute approximate surface area is 225 Å². The molecular weight excluding hydrogens is 512 g/mol. The van der Waals surface area contributed by atoms with Gasteiger partial charge >= 0.3 is 12.0 Å². The first-order chi connectivity index (χ1) is 18.2. The summed E-state index contributed by atoms with van der Waals surface area (Å²) in [7, 11) is 3.29. The van der Waals surface area contributed by atoms with Crippen LogP contribution in [-0.2, 0) is 9.59 Å². The first kappa shape index (κ1) is 26.1. The van der Waals surface area contributed by atoms with Crippen LogP contribution in [0.2, 0.25) is 5.15 Å². The van der Waals surface area contributed by atoms with Gasteiger partial charge in [-0.2, -0.15) is 0 Å². The van der Waals surface area contributed by atoms with Crippen molar-refractivity contribution in [3.8, 4) is 11.6 Å². The van der Waals surface area contributed by atoms with E-state index in [0.717, 1.165) is 24.6 Å². The number of hydrogen-bond donors (Lipinski definition) is 2. The lowest BCUT2D eigenvalue weighted by Gasteiger charge is -2.29. The Morgan fingerprint density at radius 1 is 1.26 bits per heavy atom. The van der Waals surface area contributed by atoms with Crippen molar-refractivity contribution in [3.63, 3.8) is 0 Å². The van der Waals surface area contributed by atoms with E-state index in [4.69, 9.17) is 21.1 Å². The molecule has 2 aromatic rings. The van der Waals surface area contributed by atoms with Crippen molar-refractivity contribution in [2.45, 2.75) is 49.8 Å². The van der Waals surface area contributed by atoms with Crippen molar-refractivity contribution in [2.75, 3.05) is 27.2 Å². The number of halogens is 1. The number of nitrogens with zero attached hydrogens (tertiary/aromatic N) is 3. The highest BCUT2D eigenvalue weighted by Gasteiger charge is 2.61. The minimum atomic E-state index is -1.35. The molecular formula is C27H31ClN4O6. The van der Waals surface area contributed by atoms with Crippen molar-refractivity contribution in [1.82, 2.24) is 20.1 Å². The molecule has 1 aromatic carbocycles. The SMILES string of the molecule is COc1ccc2c(O[C@@H]3C[C@H]4C(=O)N[C@]5(C(=O)O)C[C@@H]5/C=C\CCCCN(C)C(=O)N4C3)nc(Cl)cc2c1. The summed E-state index contributed by atoms with van der Waals surface area (Å²) in [6.45, 7) is 0.699. The van der Waals surface area contributed by atoms with Crippen LogP contribution >= 0.6 is 11.6 Å². The summed E-state index contributed by atoms with van der Waals surface area (Å²) in [6.07, 6.45) is 6.29. The number of amides is 3. The molecule has 11 heteroatoms. The molecule has 1 saturated heterocycles. The first-order valence-electron chi connectivity index (χ1n) is 12.8. The summed E-state index contributed by atoms with van der Waals surface area (Å²) in [5, 5.41) is 14.4. The zero-order chi connectivity index (χ0) is 27.0. The second-order valence-corrected chi connectivity index (χ2v) is 10.6. The fourth-order valence-electron chi connectivity index (χ4n) is 5.34. The Morgan fingerprint density at radius 3 is 2.84 bits per heavy atom. The molecule has 3 aliphatic rings. The molecule has 0 bridgehead atoms. The number of carboxylic acids is 1. The van der Waals surface area contributed by atoms with Gasteiger partial charge in [-0.1, -0.05) is 23.8 Å². The van der Waals surface area contributed by atoms with Gasteiger partial charge in [0.1, 0.15) is 28.6 Å². The van der Waals surface area contributed by atoms with E-state index in [2.05, 4.69) is 10.3 Å². The van der Waals surface area contributed by atoms with Crippen molar-refractivity contribution >= 4 is 40.3 Å². The third-order valence-electron chi connectivity index (χ3n) is 7.61. The van der Waals surface area contributed by atoms with E-state index in [9.17, 15) is 19.5 Å².